The van der Waals surface area contributed by atoms with Gasteiger partial charge in [-0.1, -0.05) is 57.5 Å². The van der Waals surface area contributed by atoms with Crippen molar-refractivity contribution in [2.75, 3.05) is 6.61 Å². The normalized spacial score (nSPS) is 12.7. The van der Waals surface area contributed by atoms with E-state index in [4.69, 9.17) is 16.3 Å². The molecular weight excluding hydrogens is 516 g/mol. The van der Waals surface area contributed by atoms with Gasteiger partial charge < -0.3 is 15.0 Å². The van der Waals surface area contributed by atoms with Gasteiger partial charge >= 0.3 is 0 Å². The maximum absolute atomic E-state index is 13.4. The number of hydrogen-bond acceptors (Lipinski definition) is 3. The molecule has 0 aromatic heterocycles. The second-order valence-electron chi connectivity index (χ2n) is 10.5. The second-order valence-corrected chi connectivity index (χ2v) is 11.8. The second kappa shape index (κ2) is 11.6. The first-order valence-electron chi connectivity index (χ1n) is 11.5. The summed E-state index contributed by atoms with van der Waals surface area (Å²) in [7, 11) is 0. The van der Waals surface area contributed by atoms with Gasteiger partial charge in [0.25, 0.3) is 5.91 Å². The van der Waals surface area contributed by atoms with E-state index in [1.54, 1.807) is 17.0 Å². The fourth-order valence-electron chi connectivity index (χ4n) is 3.47. The lowest BCUT2D eigenvalue weighted by Crippen LogP contribution is -2.54. The van der Waals surface area contributed by atoms with Crippen molar-refractivity contribution in [1.82, 2.24) is 10.2 Å². The Kier molecular flexibility index (Phi) is 9.61. The highest BCUT2D eigenvalue weighted by molar-refractivity contribution is 9.10. The molecule has 0 aliphatic rings. The molecule has 0 saturated carbocycles. The number of rotatable bonds is 8. The number of nitrogens with zero attached hydrogens (tertiary/aromatic N) is 1. The third-order valence-corrected chi connectivity index (χ3v) is 6.17. The molecule has 2 rings (SSSR count). The molecule has 5 nitrogen and oxygen atoms in total. The van der Waals surface area contributed by atoms with Crippen LogP contribution in [-0.4, -0.2) is 34.9 Å². The van der Waals surface area contributed by atoms with Crippen LogP contribution in [-0.2, 0) is 21.5 Å². The standard InChI is InChI=1S/C27H36BrClN2O3/c1-8-22(25(33)30-27(5,6)7)31(16-18-9-12-20(29)13-10-18)24(32)17-34-23-14-11-19(15-21(23)28)26(2,3)4/h9-15,22H,8,16-17H2,1-7H3,(H,30,33). The molecule has 1 atom stereocenters. The van der Waals surface area contributed by atoms with Crippen molar-refractivity contribution in [3.05, 3.63) is 63.1 Å². The Balaban J connectivity index is 2.25. The van der Waals surface area contributed by atoms with E-state index >= 15 is 0 Å². The molecule has 34 heavy (non-hydrogen) atoms. The van der Waals surface area contributed by atoms with Crippen LogP contribution in [0.4, 0.5) is 0 Å². The van der Waals surface area contributed by atoms with E-state index in [2.05, 4.69) is 42.0 Å². The molecule has 1 N–H and O–H groups in total. The zero-order valence-corrected chi connectivity index (χ0v) is 23.5. The average molecular weight is 552 g/mol. The average Bonchev–Trinajstić information content (AvgIpc) is 2.72. The first kappa shape index (κ1) is 28.2. The predicted molar refractivity (Wildman–Crippen MR) is 142 cm³/mol. The third-order valence-electron chi connectivity index (χ3n) is 5.30. The van der Waals surface area contributed by atoms with Crippen molar-refractivity contribution in [2.24, 2.45) is 0 Å². The SMILES string of the molecule is CCC(C(=O)NC(C)(C)C)N(Cc1ccc(Cl)cc1)C(=O)COc1ccc(C(C)(C)C)cc1Br. The summed E-state index contributed by atoms with van der Waals surface area (Å²) >= 11 is 9.59. The predicted octanol–water partition coefficient (Wildman–Crippen LogP) is 6.50. The number of halogens is 2. The number of nitrogens with one attached hydrogen (secondary N) is 1. The van der Waals surface area contributed by atoms with Gasteiger partial charge in [0.15, 0.2) is 6.61 Å². The molecule has 186 valence electrons. The van der Waals surface area contributed by atoms with Crippen molar-refractivity contribution in [2.45, 2.75) is 78.4 Å². The summed E-state index contributed by atoms with van der Waals surface area (Å²) in [6, 6.07) is 12.5. The summed E-state index contributed by atoms with van der Waals surface area (Å²) in [5.41, 5.74) is 1.64. The van der Waals surface area contributed by atoms with Crippen LogP contribution >= 0.6 is 27.5 Å². The highest BCUT2D eigenvalue weighted by atomic mass is 79.9. The van der Waals surface area contributed by atoms with Crippen molar-refractivity contribution in [3.63, 3.8) is 0 Å². The Bertz CT molecular complexity index is 994. The number of carbonyl (C=O) groups is 2. The Hall–Kier alpha value is -2.05. The van der Waals surface area contributed by atoms with Gasteiger partial charge in [-0.3, -0.25) is 9.59 Å². The van der Waals surface area contributed by atoms with Crippen molar-refractivity contribution >= 4 is 39.3 Å². The molecule has 0 radical (unpaired) electrons. The van der Waals surface area contributed by atoms with Gasteiger partial charge in [0.2, 0.25) is 5.91 Å². The van der Waals surface area contributed by atoms with Crippen LogP contribution in [0.2, 0.25) is 5.02 Å². The van der Waals surface area contributed by atoms with E-state index in [9.17, 15) is 9.59 Å². The van der Waals surface area contributed by atoms with Gasteiger partial charge in [0.1, 0.15) is 11.8 Å². The molecule has 2 aromatic carbocycles. The topological polar surface area (TPSA) is 58.6 Å². The first-order chi connectivity index (χ1) is 15.7. The van der Waals surface area contributed by atoms with Crippen LogP contribution in [0.15, 0.2) is 46.9 Å². The quantitative estimate of drug-likeness (QED) is 0.407. The maximum Gasteiger partial charge on any atom is 0.261 e. The largest absolute Gasteiger partial charge is 0.483 e. The monoisotopic (exact) mass is 550 g/mol. The summed E-state index contributed by atoms with van der Waals surface area (Å²) in [5.74, 6) is 0.130. The van der Waals surface area contributed by atoms with Gasteiger partial charge in [-0.25, -0.2) is 0 Å². The molecule has 2 amide bonds. The smallest absolute Gasteiger partial charge is 0.261 e. The fourth-order valence-corrected chi connectivity index (χ4v) is 4.08. The Morgan fingerprint density at radius 1 is 1.06 bits per heavy atom. The van der Waals surface area contributed by atoms with E-state index in [0.29, 0.717) is 17.2 Å². The third kappa shape index (κ3) is 8.31. The van der Waals surface area contributed by atoms with Gasteiger partial charge in [0.05, 0.1) is 4.47 Å². The molecule has 7 heteroatoms. The fraction of sp³-hybridized carbons (Fsp3) is 0.481. The van der Waals surface area contributed by atoms with Gasteiger partial charge in [-0.05, 0) is 83.9 Å². The zero-order chi connectivity index (χ0) is 25.7. The molecule has 0 heterocycles. The Morgan fingerprint density at radius 2 is 1.68 bits per heavy atom. The summed E-state index contributed by atoms with van der Waals surface area (Å²) < 4.78 is 6.68. The Morgan fingerprint density at radius 3 is 2.18 bits per heavy atom. The first-order valence-corrected chi connectivity index (χ1v) is 12.7. The zero-order valence-electron chi connectivity index (χ0n) is 21.2. The summed E-state index contributed by atoms with van der Waals surface area (Å²) in [6.45, 7) is 14.2. The minimum absolute atomic E-state index is 0.00100. The van der Waals surface area contributed by atoms with E-state index in [1.165, 1.54) is 0 Å². The van der Waals surface area contributed by atoms with Crippen LogP contribution in [0, 0.1) is 0 Å². The molecule has 0 spiro atoms. The minimum Gasteiger partial charge on any atom is -0.483 e. The molecule has 0 aliphatic carbocycles. The van der Waals surface area contributed by atoms with Crippen LogP contribution in [0.25, 0.3) is 0 Å². The van der Waals surface area contributed by atoms with Gasteiger partial charge in [0, 0.05) is 17.1 Å². The lowest BCUT2D eigenvalue weighted by Gasteiger charge is -2.33. The maximum atomic E-state index is 13.4. The molecule has 1 unspecified atom stereocenters. The lowest BCUT2D eigenvalue weighted by atomic mass is 9.87. The van der Waals surface area contributed by atoms with Crippen LogP contribution in [0.5, 0.6) is 5.75 Å². The van der Waals surface area contributed by atoms with Crippen molar-refractivity contribution in [3.8, 4) is 5.75 Å². The lowest BCUT2D eigenvalue weighted by molar-refractivity contribution is -0.143. The van der Waals surface area contributed by atoms with E-state index < -0.39 is 11.6 Å². The summed E-state index contributed by atoms with van der Waals surface area (Å²) in [6.07, 6.45) is 0.477. The minimum atomic E-state index is -0.627. The van der Waals surface area contributed by atoms with E-state index in [1.807, 2.05) is 58.0 Å². The molecular formula is C27H36BrClN2O3. The van der Waals surface area contributed by atoms with Crippen LogP contribution in [0.1, 0.15) is 66.0 Å². The highest BCUT2D eigenvalue weighted by Gasteiger charge is 2.31. The van der Waals surface area contributed by atoms with Crippen molar-refractivity contribution in [1.29, 1.82) is 0 Å². The van der Waals surface area contributed by atoms with E-state index in [0.717, 1.165) is 15.6 Å². The number of ether oxygens (including phenoxy) is 1. The molecule has 0 saturated heterocycles. The number of hydrogen-bond donors (Lipinski definition) is 1. The number of benzene rings is 2. The van der Waals surface area contributed by atoms with Gasteiger partial charge in [-0.2, -0.15) is 0 Å². The van der Waals surface area contributed by atoms with E-state index in [-0.39, 0.29) is 30.4 Å². The number of carbonyl (C=O) groups excluding carboxylic acids is 2. The molecule has 0 fully saturated rings. The highest BCUT2D eigenvalue weighted by Crippen LogP contribution is 2.31. The molecule has 2 aromatic rings. The van der Waals surface area contributed by atoms with Crippen LogP contribution in [0.3, 0.4) is 0 Å². The van der Waals surface area contributed by atoms with Crippen molar-refractivity contribution < 1.29 is 14.3 Å². The van der Waals surface area contributed by atoms with Crippen LogP contribution < -0.4 is 10.1 Å². The van der Waals surface area contributed by atoms with Gasteiger partial charge in [-0.15, -0.1) is 0 Å². The number of amides is 2. The molecule has 0 bridgehead atoms. The summed E-state index contributed by atoms with van der Waals surface area (Å²) in [5, 5.41) is 3.62. The Labute approximate surface area is 217 Å². The molecule has 0 aliphatic heterocycles. The summed E-state index contributed by atoms with van der Waals surface area (Å²) in [4.78, 5) is 28.0.